The van der Waals surface area contributed by atoms with E-state index in [0.29, 0.717) is 5.92 Å². The van der Waals surface area contributed by atoms with Crippen molar-refractivity contribution in [3.05, 3.63) is 29.3 Å². The van der Waals surface area contributed by atoms with E-state index in [9.17, 15) is 4.79 Å². The van der Waals surface area contributed by atoms with Crippen molar-refractivity contribution in [3.63, 3.8) is 0 Å². The van der Waals surface area contributed by atoms with Crippen LogP contribution in [0.2, 0.25) is 0 Å². The molecule has 2 rings (SSSR count). The van der Waals surface area contributed by atoms with Crippen LogP contribution in [-0.4, -0.2) is 5.91 Å². The molecule has 1 aromatic carbocycles. The summed E-state index contributed by atoms with van der Waals surface area (Å²) in [5, 5.41) is 3.13. The molecule has 2 atom stereocenters. The number of carbonyl (C=O) groups excluding carboxylic acids is 1. The summed E-state index contributed by atoms with van der Waals surface area (Å²) < 4.78 is 0. The lowest BCUT2D eigenvalue weighted by Crippen LogP contribution is -2.17. The number of carbonyl (C=O) groups is 1. The molecule has 0 heterocycles. The maximum atomic E-state index is 12.0. The smallest absolute Gasteiger partial charge is 0.227 e. The number of anilines is 1. The highest BCUT2D eigenvalue weighted by atomic mass is 16.2. The second-order valence-electron chi connectivity index (χ2n) is 4.97. The highest BCUT2D eigenvalue weighted by Crippen LogP contribution is 2.39. The molecule has 0 saturated heterocycles. The van der Waals surface area contributed by atoms with E-state index in [1.54, 1.807) is 0 Å². The SMILES string of the molecule is CCc1cccc(CC)c1NC(=O)C1CC1C. The first-order chi connectivity index (χ1) is 8.17. The Morgan fingerprint density at radius 2 is 1.82 bits per heavy atom. The standard InChI is InChI=1S/C15H21NO/c1-4-11-7-6-8-12(5-2)14(11)16-15(17)13-9-10(13)3/h6-8,10,13H,4-5,9H2,1-3H3,(H,16,17). The quantitative estimate of drug-likeness (QED) is 0.845. The molecule has 2 heteroatoms. The van der Waals surface area contributed by atoms with Gasteiger partial charge in [-0.25, -0.2) is 0 Å². The number of aryl methyl sites for hydroxylation is 2. The summed E-state index contributed by atoms with van der Waals surface area (Å²) in [7, 11) is 0. The number of para-hydroxylation sites is 1. The Bertz CT molecular complexity index is 403. The minimum absolute atomic E-state index is 0.202. The number of hydrogen-bond acceptors (Lipinski definition) is 1. The van der Waals surface area contributed by atoms with Gasteiger partial charge in [0.15, 0.2) is 0 Å². The van der Waals surface area contributed by atoms with Crippen LogP contribution in [0.15, 0.2) is 18.2 Å². The lowest BCUT2D eigenvalue weighted by molar-refractivity contribution is -0.117. The molecule has 0 bridgehead atoms. The first kappa shape index (κ1) is 12.2. The molecule has 2 unspecified atom stereocenters. The van der Waals surface area contributed by atoms with Gasteiger partial charge in [0.25, 0.3) is 0 Å². The van der Waals surface area contributed by atoms with Crippen molar-refractivity contribution in [2.24, 2.45) is 11.8 Å². The van der Waals surface area contributed by atoms with Crippen molar-refractivity contribution in [2.45, 2.75) is 40.0 Å². The van der Waals surface area contributed by atoms with Gasteiger partial charge in [-0.3, -0.25) is 4.79 Å². The zero-order chi connectivity index (χ0) is 12.4. The van der Waals surface area contributed by atoms with Crippen LogP contribution >= 0.6 is 0 Å². The summed E-state index contributed by atoms with van der Waals surface area (Å²) in [4.78, 5) is 12.0. The highest BCUT2D eigenvalue weighted by molar-refractivity contribution is 5.95. The van der Waals surface area contributed by atoms with Gasteiger partial charge in [0.2, 0.25) is 5.91 Å². The van der Waals surface area contributed by atoms with Crippen molar-refractivity contribution < 1.29 is 4.79 Å². The second kappa shape index (κ2) is 4.91. The Hall–Kier alpha value is -1.31. The molecule has 0 aromatic heterocycles. The fourth-order valence-electron chi connectivity index (χ4n) is 2.31. The maximum Gasteiger partial charge on any atom is 0.227 e. The molecule has 17 heavy (non-hydrogen) atoms. The molecule has 0 spiro atoms. The lowest BCUT2D eigenvalue weighted by Gasteiger charge is -2.14. The minimum Gasteiger partial charge on any atom is -0.325 e. The summed E-state index contributed by atoms with van der Waals surface area (Å²) in [6.45, 7) is 6.39. The fraction of sp³-hybridized carbons (Fsp3) is 0.533. The normalized spacial score (nSPS) is 22.3. The first-order valence-electron chi connectivity index (χ1n) is 6.59. The molecule has 2 nitrogen and oxygen atoms in total. The Labute approximate surface area is 103 Å². The topological polar surface area (TPSA) is 29.1 Å². The molecule has 0 aliphatic heterocycles. The summed E-state index contributed by atoms with van der Waals surface area (Å²) in [6.07, 6.45) is 2.97. The fourth-order valence-corrected chi connectivity index (χ4v) is 2.31. The molecular weight excluding hydrogens is 210 g/mol. The third-order valence-electron chi connectivity index (χ3n) is 3.69. The van der Waals surface area contributed by atoms with Gasteiger partial charge < -0.3 is 5.32 Å². The van der Waals surface area contributed by atoms with Gasteiger partial charge in [0.05, 0.1) is 0 Å². The number of hydrogen-bond donors (Lipinski definition) is 1. The Balaban J connectivity index is 2.20. The summed E-state index contributed by atoms with van der Waals surface area (Å²) in [6, 6.07) is 6.28. The molecule has 1 fully saturated rings. The second-order valence-corrected chi connectivity index (χ2v) is 4.97. The van der Waals surface area contributed by atoms with Crippen molar-refractivity contribution in [1.82, 2.24) is 0 Å². The molecule has 0 radical (unpaired) electrons. The third kappa shape index (κ3) is 2.51. The zero-order valence-electron chi connectivity index (χ0n) is 10.9. The van der Waals surface area contributed by atoms with Crippen LogP contribution in [0, 0.1) is 11.8 Å². The molecule has 1 amide bonds. The highest BCUT2D eigenvalue weighted by Gasteiger charge is 2.39. The van der Waals surface area contributed by atoms with E-state index in [2.05, 4.69) is 44.3 Å². The molecule has 1 N–H and O–H groups in total. The summed E-state index contributed by atoms with van der Waals surface area (Å²) >= 11 is 0. The summed E-state index contributed by atoms with van der Waals surface area (Å²) in [5.74, 6) is 1.01. The van der Waals surface area contributed by atoms with E-state index in [-0.39, 0.29) is 11.8 Å². The number of benzene rings is 1. The van der Waals surface area contributed by atoms with Gasteiger partial charge >= 0.3 is 0 Å². The largest absolute Gasteiger partial charge is 0.325 e. The zero-order valence-corrected chi connectivity index (χ0v) is 10.9. The Morgan fingerprint density at radius 1 is 1.29 bits per heavy atom. The molecular formula is C15H21NO. The van der Waals surface area contributed by atoms with Crippen molar-refractivity contribution in [3.8, 4) is 0 Å². The van der Waals surface area contributed by atoms with Crippen molar-refractivity contribution in [1.29, 1.82) is 0 Å². The van der Waals surface area contributed by atoms with E-state index in [4.69, 9.17) is 0 Å². The third-order valence-corrected chi connectivity index (χ3v) is 3.69. The van der Waals surface area contributed by atoms with Gasteiger partial charge in [0.1, 0.15) is 0 Å². The van der Waals surface area contributed by atoms with E-state index in [1.165, 1.54) is 11.1 Å². The average molecular weight is 231 g/mol. The van der Waals surface area contributed by atoms with Crippen LogP contribution in [0.5, 0.6) is 0 Å². The lowest BCUT2D eigenvalue weighted by atomic mass is 10.0. The van der Waals surface area contributed by atoms with Crippen molar-refractivity contribution in [2.75, 3.05) is 5.32 Å². The van der Waals surface area contributed by atoms with E-state index in [1.807, 2.05) is 0 Å². The van der Waals surface area contributed by atoms with Crippen molar-refractivity contribution >= 4 is 11.6 Å². The predicted molar refractivity (Wildman–Crippen MR) is 71.1 cm³/mol. The van der Waals surface area contributed by atoms with Gasteiger partial charge in [-0.15, -0.1) is 0 Å². The van der Waals surface area contributed by atoms with Crippen LogP contribution in [-0.2, 0) is 17.6 Å². The monoisotopic (exact) mass is 231 g/mol. The number of rotatable bonds is 4. The van der Waals surface area contributed by atoms with E-state index in [0.717, 1.165) is 24.9 Å². The Kier molecular flexibility index (Phi) is 3.51. The van der Waals surface area contributed by atoms with E-state index < -0.39 is 0 Å². The molecule has 92 valence electrons. The van der Waals surface area contributed by atoms with Gasteiger partial charge in [-0.1, -0.05) is 39.0 Å². The van der Waals surface area contributed by atoms with Gasteiger partial charge in [0, 0.05) is 11.6 Å². The first-order valence-corrected chi connectivity index (χ1v) is 6.59. The van der Waals surface area contributed by atoms with Crippen LogP contribution in [0.25, 0.3) is 0 Å². The number of amides is 1. The van der Waals surface area contributed by atoms with Crippen LogP contribution in [0.3, 0.4) is 0 Å². The maximum absolute atomic E-state index is 12.0. The van der Waals surface area contributed by atoms with Gasteiger partial charge in [-0.05, 0) is 36.3 Å². The van der Waals surface area contributed by atoms with E-state index >= 15 is 0 Å². The minimum atomic E-state index is 0.202. The molecule has 1 aromatic rings. The molecule has 1 aliphatic carbocycles. The van der Waals surface area contributed by atoms with Crippen LogP contribution in [0.1, 0.15) is 38.3 Å². The Morgan fingerprint density at radius 3 is 2.24 bits per heavy atom. The summed E-state index contributed by atoms with van der Waals surface area (Å²) in [5.41, 5.74) is 3.54. The number of nitrogens with one attached hydrogen (secondary N) is 1. The molecule has 1 saturated carbocycles. The van der Waals surface area contributed by atoms with Crippen LogP contribution < -0.4 is 5.32 Å². The van der Waals surface area contributed by atoms with Gasteiger partial charge in [-0.2, -0.15) is 0 Å². The van der Waals surface area contributed by atoms with Crippen LogP contribution in [0.4, 0.5) is 5.69 Å². The molecule has 1 aliphatic rings. The average Bonchev–Trinajstić information content (AvgIpc) is 3.06. The predicted octanol–water partition coefficient (Wildman–Crippen LogP) is 3.41.